The second kappa shape index (κ2) is 7.74. The molecular weight excluding hydrogens is 330 g/mol. The van der Waals surface area contributed by atoms with E-state index in [1.807, 2.05) is 0 Å². The minimum atomic E-state index is 0.175. The number of carbonyl (C=O) groups is 1. The number of likely N-dealkylation sites (tertiary alicyclic amines) is 1. The Bertz CT molecular complexity index is 633. The molecule has 1 aliphatic carbocycles. The van der Waals surface area contributed by atoms with Crippen LogP contribution in [-0.2, 0) is 9.53 Å². The monoisotopic (exact) mass is 357 g/mol. The smallest absolute Gasteiger partial charge is 0.232 e. The van der Waals surface area contributed by atoms with E-state index in [-0.39, 0.29) is 11.3 Å². The normalized spacial score (nSPS) is 25.5. The molecule has 26 heavy (non-hydrogen) atoms. The van der Waals surface area contributed by atoms with Crippen LogP contribution in [0, 0.1) is 17.3 Å². The van der Waals surface area contributed by atoms with Crippen molar-refractivity contribution >= 4 is 5.91 Å². The number of piperidine rings is 1. The summed E-state index contributed by atoms with van der Waals surface area (Å²) in [6.07, 6.45) is 14.1. The molecule has 2 saturated heterocycles. The van der Waals surface area contributed by atoms with E-state index in [1.165, 1.54) is 0 Å². The predicted octanol–water partition coefficient (Wildman–Crippen LogP) is 2.47. The highest BCUT2D eigenvalue weighted by atomic mass is 16.5. The molecule has 1 amide bonds. The fourth-order valence-corrected chi connectivity index (χ4v) is 4.56. The van der Waals surface area contributed by atoms with Gasteiger partial charge in [-0.25, -0.2) is 4.98 Å². The largest absolute Gasteiger partial charge is 0.476 e. The lowest BCUT2D eigenvalue weighted by Gasteiger charge is -2.49. The predicted molar refractivity (Wildman–Crippen MR) is 96.6 cm³/mol. The molecule has 0 unspecified atom stereocenters. The van der Waals surface area contributed by atoms with E-state index < -0.39 is 0 Å². The average Bonchev–Trinajstić information content (AvgIpc) is 3.23. The average molecular weight is 357 g/mol. The van der Waals surface area contributed by atoms with Crippen LogP contribution in [0.2, 0.25) is 0 Å². The van der Waals surface area contributed by atoms with Crippen molar-refractivity contribution in [2.24, 2.45) is 17.3 Å². The second-order valence-electron chi connectivity index (χ2n) is 7.70. The van der Waals surface area contributed by atoms with Gasteiger partial charge in [-0.2, -0.15) is 0 Å². The summed E-state index contributed by atoms with van der Waals surface area (Å²) in [4.78, 5) is 23.0. The van der Waals surface area contributed by atoms with Crippen LogP contribution < -0.4 is 4.74 Å². The first-order valence-corrected chi connectivity index (χ1v) is 9.67. The topological polar surface area (TPSA) is 64.6 Å². The summed E-state index contributed by atoms with van der Waals surface area (Å²) >= 11 is 0. The minimum absolute atomic E-state index is 0.175. The molecule has 0 saturated carbocycles. The van der Waals surface area contributed by atoms with Gasteiger partial charge in [0.2, 0.25) is 11.8 Å². The molecule has 1 spiro atoms. The highest BCUT2D eigenvalue weighted by molar-refractivity contribution is 5.79. The first-order valence-electron chi connectivity index (χ1n) is 9.67. The fraction of sp³-hybridized carbons (Fsp3) is 0.650. The van der Waals surface area contributed by atoms with Crippen LogP contribution in [0.5, 0.6) is 5.88 Å². The van der Waals surface area contributed by atoms with Gasteiger partial charge in [-0.3, -0.25) is 9.78 Å². The highest BCUT2D eigenvalue weighted by Crippen LogP contribution is 2.45. The molecule has 2 fully saturated rings. The molecule has 3 heterocycles. The summed E-state index contributed by atoms with van der Waals surface area (Å²) in [6.45, 7) is 3.84. The summed E-state index contributed by atoms with van der Waals surface area (Å²) in [5, 5.41) is 0. The molecule has 0 radical (unpaired) electrons. The summed E-state index contributed by atoms with van der Waals surface area (Å²) in [7, 11) is 0. The van der Waals surface area contributed by atoms with E-state index in [0.717, 1.165) is 58.4 Å². The van der Waals surface area contributed by atoms with Crippen molar-refractivity contribution in [1.29, 1.82) is 0 Å². The SMILES string of the molecule is O=C(C1CC=CC1)N1CCC2(CCOC[C@@H]2COc2cnccn2)CC1. The van der Waals surface area contributed by atoms with Crippen molar-refractivity contribution in [2.75, 3.05) is 32.9 Å². The van der Waals surface area contributed by atoms with Crippen molar-refractivity contribution in [3.8, 4) is 5.88 Å². The molecule has 0 aromatic carbocycles. The van der Waals surface area contributed by atoms with Crippen molar-refractivity contribution < 1.29 is 14.3 Å². The van der Waals surface area contributed by atoms with Gasteiger partial charge in [0.25, 0.3) is 0 Å². The third-order valence-electron chi connectivity index (χ3n) is 6.33. The lowest BCUT2D eigenvalue weighted by atomic mass is 9.66. The Morgan fingerprint density at radius 1 is 1.23 bits per heavy atom. The zero-order valence-corrected chi connectivity index (χ0v) is 15.2. The Morgan fingerprint density at radius 3 is 2.77 bits per heavy atom. The third kappa shape index (κ3) is 3.61. The van der Waals surface area contributed by atoms with Crippen LogP contribution in [0.25, 0.3) is 0 Å². The van der Waals surface area contributed by atoms with E-state index in [0.29, 0.717) is 24.3 Å². The molecule has 2 aliphatic heterocycles. The van der Waals surface area contributed by atoms with E-state index in [2.05, 4.69) is 27.0 Å². The molecule has 3 aliphatic rings. The fourth-order valence-electron chi connectivity index (χ4n) is 4.56. The van der Waals surface area contributed by atoms with Gasteiger partial charge < -0.3 is 14.4 Å². The Hall–Kier alpha value is -1.95. The molecule has 4 rings (SSSR count). The zero-order valence-electron chi connectivity index (χ0n) is 15.2. The van der Waals surface area contributed by atoms with Crippen LogP contribution in [0.3, 0.4) is 0 Å². The molecule has 0 N–H and O–H groups in total. The Labute approximate surface area is 154 Å². The van der Waals surface area contributed by atoms with Crippen molar-refractivity contribution in [3.05, 3.63) is 30.7 Å². The number of rotatable bonds is 4. The van der Waals surface area contributed by atoms with Crippen molar-refractivity contribution in [3.63, 3.8) is 0 Å². The quantitative estimate of drug-likeness (QED) is 0.775. The summed E-state index contributed by atoms with van der Waals surface area (Å²) in [5.74, 6) is 1.41. The van der Waals surface area contributed by atoms with Gasteiger partial charge in [0.1, 0.15) is 0 Å². The first-order chi connectivity index (χ1) is 12.8. The minimum Gasteiger partial charge on any atom is -0.476 e. The standard InChI is InChI=1S/C20H27N3O3/c24-19(16-3-1-2-4-16)23-10-5-20(6-11-23)7-12-25-14-17(20)15-26-18-13-21-8-9-22-18/h1-2,8-9,13,16-17H,3-7,10-12,14-15H2/t17-/m1/s1. The Kier molecular flexibility index (Phi) is 5.20. The number of amides is 1. The number of allylic oxidation sites excluding steroid dienone is 2. The lowest BCUT2D eigenvalue weighted by molar-refractivity contribution is -0.141. The van der Waals surface area contributed by atoms with Gasteiger partial charge >= 0.3 is 0 Å². The van der Waals surface area contributed by atoms with Gasteiger partial charge in [0, 0.05) is 43.9 Å². The van der Waals surface area contributed by atoms with Crippen LogP contribution in [-0.4, -0.2) is 53.7 Å². The molecule has 6 heteroatoms. The van der Waals surface area contributed by atoms with Gasteiger partial charge in [-0.15, -0.1) is 0 Å². The molecule has 1 aromatic heterocycles. The maximum Gasteiger partial charge on any atom is 0.232 e. The number of hydrogen-bond donors (Lipinski definition) is 0. The summed E-state index contributed by atoms with van der Waals surface area (Å²) in [5.41, 5.74) is 0.213. The van der Waals surface area contributed by atoms with Crippen molar-refractivity contribution in [2.45, 2.75) is 32.1 Å². The molecule has 1 aromatic rings. The van der Waals surface area contributed by atoms with E-state index in [9.17, 15) is 4.79 Å². The van der Waals surface area contributed by atoms with E-state index in [4.69, 9.17) is 9.47 Å². The van der Waals surface area contributed by atoms with Gasteiger partial charge in [-0.1, -0.05) is 12.2 Å². The van der Waals surface area contributed by atoms with E-state index in [1.54, 1.807) is 18.6 Å². The maximum atomic E-state index is 12.7. The van der Waals surface area contributed by atoms with E-state index >= 15 is 0 Å². The number of carbonyl (C=O) groups excluding carboxylic acids is 1. The van der Waals surface area contributed by atoms with Gasteiger partial charge in [0.15, 0.2) is 0 Å². The molecule has 0 bridgehead atoms. The Balaban J connectivity index is 1.36. The number of aromatic nitrogens is 2. The first kappa shape index (κ1) is 17.5. The zero-order chi connectivity index (χ0) is 17.8. The number of nitrogens with zero attached hydrogens (tertiary/aromatic N) is 3. The third-order valence-corrected chi connectivity index (χ3v) is 6.33. The molecule has 140 valence electrons. The van der Waals surface area contributed by atoms with Crippen LogP contribution in [0.1, 0.15) is 32.1 Å². The summed E-state index contributed by atoms with van der Waals surface area (Å²) in [6, 6.07) is 0. The van der Waals surface area contributed by atoms with Crippen LogP contribution in [0.15, 0.2) is 30.7 Å². The summed E-state index contributed by atoms with van der Waals surface area (Å²) < 4.78 is 11.6. The second-order valence-corrected chi connectivity index (χ2v) is 7.70. The molecule has 6 nitrogen and oxygen atoms in total. The molecular formula is C20H27N3O3. The Morgan fingerprint density at radius 2 is 2.04 bits per heavy atom. The molecule has 1 atom stereocenters. The van der Waals surface area contributed by atoms with Gasteiger partial charge in [0.05, 0.1) is 19.4 Å². The number of ether oxygens (including phenoxy) is 2. The van der Waals surface area contributed by atoms with Crippen LogP contribution in [0.4, 0.5) is 0 Å². The lowest BCUT2D eigenvalue weighted by Crippen LogP contribution is -2.51. The number of hydrogen-bond acceptors (Lipinski definition) is 5. The van der Waals surface area contributed by atoms with Crippen LogP contribution >= 0.6 is 0 Å². The highest BCUT2D eigenvalue weighted by Gasteiger charge is 2.45. The van der Waals surface area contributed by atoms with Gasteiger partial charge in [-0.05, 0) is 37.5 Å². The van der Waals surface area contributed by atoms with Crippen molar-refractivity contribution in [1.82, 2.24) is 14.9 Å². The maximum absolute atomic E-state index is 12.7.